The van der Waals surface area contributed by atoms with Crippen LogP contribution in [0, 0.1) is 0 Å². The second-order valence-corrected chi connectivity index (χ2v) is 5.99. The molecule has 2 unspecified atom stereocenters. The van der Waals surface area contributed by atoms with Gasteiger partial charge in [-0.15, -0.1) is 0 Å². The van der Waals surface area contributed by atoms with E-state index in [2.05, 4.69) is 16.0 Å². The highest BCUT2D eigenvalue weighted by molar-refractivity contribution is 5.84. The largest absolute Gasteiger partial charge is 0.393 e. The van der Waals surface area contributed by atoms with Gasteiger partial charge in [-0.2, -0.15) is 0 Å². The smallest absolute Gasteiger partial charge is 0.257 e. The predicted molar refractivity (Wildman–Crippen MR) is 79.1 cm³/mol. The molecular weight excluding hydrogens is 252 g/mol. The van der Waals surface area contributed by atoms with Crippen molar-refractivity contribution in [1.82, 2.24) is 4.98 Å². The standard InChI is InChI=1S/C16H18N2O2/c19-13-8-11-5-6-12(9-13)18(11)15-7-10-3-1-2-4-14(10)16(20)17-15/h1-4,7,11-13,19H,5-6,8-9H2,(H,17,20). The van der Waals surface area contributed by atoms with E-state index in [9.17, 15) is 9.90 Å². The fourth-order valence-electron chi connectivity index (χ4n) is 3.88. The monoisotopic (exact) mass is 270 g/mol. The van der Waals surface area contributed by atoms with Crippen LogP contribution >= 0.6 is 0 Å². The SMILES string of the molecule is O=c1[nH]c(N2C3CCC2CC(O)C3)cc2ccccc12. The lowest BCUT2D eigenvalue weighted by Crippen LogP contribution is -2.45. The summed E-state index contributed by atoms with van der Waals surface area (Å²) >= 11 is 0. The van der Waals surface area contributed by atoms with Crippen LogP contribution in [0.4, 0.5) is 5.82 Å². The Bertz CT molecular complexity index is 695. The van der Waals surface area contributed by atoms with Crippen LogP contribution in [0.3, 0.4) is 0 Å². The van der Waals surface area contributed by atoms with Gasteiger partial charge >= 0.3 is 0 Å². The maximum atomic E-state index is 12.2. The molecule has 3 heterocycles. The van der Waals surface area contributed by atoms with E-state index in [1.165, 1.54) is 0 Å². The molecule has 0 aliphatic carbocycles. The van der Waals surface area contributed by atoms with Crippen LogP contribution in [0.5, 0.6) is 0 Å². The normalized spacial score (nSPS) is 29.1. The van der Waals surface area contributed by atoms with Crippen molar-refractivity contribution in [3.8, 4) is 0 Å². The quantitative estimate of drug-likeness (QED) is 0.833. The summed E-state index contributed by atoms with van der Waals surface area (Å²) in [6.07, 6.45) is 3.65. The van der Waals surface area contributed by atoms with Crippen LogP contribution in [0.25, 0.3) is 10.8 Å². The summed E-state index contributed by atoms with van der Waals surface area (Å²) < 4.78 is 0. The fourth-order valence-corrected chi connectivity index (χ4v) is 3.88. The van der Waals surface area contributed by atoms with Crippen molar-refractivity contribution in [3.05, 3.63) is 40.7 Å². The van der Waals surface area contributed by atoms with Gasteiger partial charge in [0, 0.05) is 17.5 Å². The van der Waals surface area contributed by atoms with Crippen molar-refractivity contribution >= 4 is 16.6 Å². The number of benzene rings is 1. The average Bonchev–Trinajstić information content (AvgIpc) is 2.71. The summed E-state index contributed by atoms with van der Waals surface area (Å²) in [6.45, 7) is 0. The molecule has 20 heavy (non-hydrogen) atoms. The minimum absolute atomic E-state index is 0.0244. The van der Waals surface area contributed by atoms with E-state index in [4.69, 9.17) is 0 Å². The molecule has 4 heteroatoms. The van der Waals surface area contributed by atoms with Crippen LogP contribution in [0.15, 0.2) is 35.1 Å². The number of aromatic nitrogens is 1. The third kappa shape index (κ3) is 1.75. The summed E-state index contributed by atoms with van der Waals surface area (Å²) in [5.41, 5.74) is -0.0244. The van der Waals surface area contributed by atoms with Gasteiger partial charge in [0.2, 0.25) is 0 Å². The molecule has 2 fully saturated rings. The Labute approximate surface area is 117 Å². The zero-order valence-electron chi connectivity index (χ0n) is 11.2. The van der Waals surface area contributed by atoms with Gasteiger partial charge < -0.3 is 15.0 Å². The van der Waals surface area contributed by atoms with Gasteiger partial charge in [-0.1, -0.05) is 18.2 Å². The van der Waals surface area contributed by atoms with Crippen molar-refractivity contribution in [2.24, 2.45) is 0 Å². The van der Waals surface area contributed by atoms with Crippen molar-refractivity contribution in [2.45, 2.75) is 43.9 Å². The molecule has 1 aromatic carbocycles. The van der Waals surface area contributed by atoms with Gasteiger partial charge in [0.1, 0.15) is 5.82 Å². The number of rotatable bonds is 1. The Hall–Kier alpha value is -1.81. The molecule has 4 nitrogen and oxygen atoms in total. The molecule has 2 atom stereocenters. The first-order valence-corrected chi connectivity index (χ1v) is 7.31. The molecule has 2 aliphatic heterocycles. The number of nitrogens with one attached hydrogen (secondary N) is 1. The van der Waals surface area contributed by atoms with Crippen LogP contribution in [-0.4, -0.2) is 28.3 Å². The van der Waals surface area contributed by atoms with Crippen LogP contribution < -0.4 is 10.5 Å². The minimum atomic E-state index is -0.184. The highest BCUT2D eigenvalue weighted by Gasteiger charge is 2.40. The molecule has 0 saturated carbocycles. The summed E-state index contributed by atoms with van der Waals surface area (Å²) in [7, 11) is 0. The lowest BCUT2D eigenvalue weighted by molar-refractivity contribution is 0.126. The van der Waals surface area contributed by atoms with E-state index >= 15 is 0 Å². The number of hydrogen-bond donors (Lipinski definition) is 2. The van der Waals surface area contributed by atoms with Crippen LogP contribution in [-0.2, 0) is 0 Å². The van der Waals surface area contributed by atoms with Gasteiger partial charge in [-0.25, -0.2) is 0 Å². The van der Waals surface area contributed by atoms with E-state index in [1.807, 2.05) is 24.3 Å². The molecule has 2 aromatic rings. The Kier molecular flexibility index (Phi) is 2.60. The molecular formula is C16H18N2O2. The Morgan fingerprint density at radius 3 is 2.60 bits per heavy atom. The van der Waals surface area contributed by atoms with E-state index in [0.29, 0.717) is 12.1 Å². The third-order valence-corrected chi connectivity index (χ3v) is 4.73. The molecule has 4 rings (SSSR count). The van der Waals surface area contributed by atoms with E-state index < -0.39 is 0 Å². The maximum absolute atomic E-state index is 12.2. The van der Waals surface area contributed by atoms with Crippen molar-refractivity contribution < 1.29 is 5.11 Å². The molecule has 104 valence electrons. The molecule has 0 spiro atoms. The van der Waals surface area contributed by atoms with Gasteiger partial charge in [-0.05, 0) is 43.2 Å². The number of hydrogen-bond acceptors (Lipinski definition) is 3. The highest BCUT2D eigenvalue weighted by Crippen LogP contribution is 2.38. The van der Waals surface area contributed by atoms with Gasteiger partial charge in [0.05, 0.1) is 6.10 Å². The summed E-state index contributed by atoms with van der Waals surface area (Å²) in [4.78, 5) is 17.6. The number of aliphatic hydroxyl groups excluding tert-OH is 1. The van der Waals surface area contributed by atoms with E-state index in [0.717, 1.165) is 42.3 Å². The summed E-state index contributed by atoms with van der Waals surface area (Å²) in [5, 5.41) is 11.6. The Morgan fingerprint density at radius 2 is 1.85 bits per heavy atom. The van der Waals surface area contributed by atoms with Gasteiger partial charge in [-0.3, -0.25) is 4.79 Å². The molecule has 2 saturated heterocycles. The van der Waals surface area contributed by atoms with Gasteiger partial charge in [0.25, 0.3) is 5.56 Å². The summed E-state index contributed by atoms with van der Waals surface area (Å²) in [5.74, 6) is 0.910. The lowest BCUT2D eigenvalue weighted by atomic mass is 9.99. The first-order chi connectivity index (χ1) is 9.72. The molecule has 2 bridgehead atoms. The van der Waals surface area contributed by atoms with Crippen LogP contribution in [0.1, 0.15) is 25.7 Å². The number of pyridine rings is 1. The zero-order valence-corrected chi connectivity index (χ0v) is 11.2. The average molecular weight is 270 g/mol. The predicted octanol–water partition coefficient (Wildman–Crippen LogP) is 2.02. The van der Waals surface area contributed by atoms with Crippen molar-refractivity contribution in [1.29, 1.82) is 0 Å². The number of nitrogens with zero attached hydrogens (tertiary/aromatic N) is 1. The maximum Gasteiger partial charge on any atom is 0.257 e. The van der Waals surface area contributed by atoms with Crippen molar-refractivity contribution in [3.63, 3.8) is 0 Å². The molecule has 2 N–H and O–H groups in total. The number of piperidine rings is 1. The molecule has 0 amide bonds. The van der Waals surface area contributed by atoms with E-state index in [-0.39, 0.29) is 11.7 Å². The van der Waals surface area contributed by atoms with Crippen molar-refractivity contribution in [2.75, 3.05) is 4.90 Å². The highest BCUT2D eigenvalue weighted by atomic mass is 16.3. The third-order valence-electron chi connectivity index (χ3n) is 4.73. The molecule has 0 radical (unpaired) electrons. The first-order valence-electron chi connectivity index (χ1n) is 7.31. The fraction of sp³-hybridized carbons (Fsp3) is 0.438. The lowest BCUT2D eigenvalue weighted by Gasteiger charge is -2.38. The second kappa shape index (κ2) is 4.35. The minimum Gasteiger partial charge on any atom is -0.393 e. The second-order valence-electron chi connectivity index (χ2n) is 5.99. The number of H-pyrrole nitrogens is 1. The number of aliphatic hydroxyl groups is 1. The molecule has 2 aliphatic rings. The molecule has 1 aromatic heterocycles. The first kappa shape index (κ1) is 12.0. The zero-order chi connectivity index (χ0) is 13.7. The number of aromatic amines is 1. The topological polar surface area (TPSA) is 56.3 Å². The van der Waals surface area contributed by atoms with Crippen LogP contribution in [0.2, 0.25) is 0 Å². The number of anilines is 1. The number of fused-ring (bicyclic) bond motifs is 3. The Morgan fingerprint density at radius 1 is 1.15 bits per heavy atom. The summed E-state index contributed by atoms with van der Waals surface area (Å²) in [6, 6.07) is 10.5. The van der Waals surface area contributed by atoms with E-state index in [1.54, 1.807) is 0 Å². The Balaban J connectivity index is 1.81. The van der Waals surface area contributed by atoms with Gasteiger partial charge in [0.15, 0.2) is 0 Å².